The zero-order chi connectivity index (χ0) is 45.8. The van der Waals surface area contributed by atoms with Crippen molar-refractivity contribution in [1.82, 2.24) is 10.6 Å². The normalized spacial score (nSPS) is 26.7. The van der Waals surface area contributed by atoms with Crippen molar-refractivity contribution in [3.05, 3.63) is 129 Å². The average Bonchev–Trinajstić information content (AvgIpc) is 3.83. The zero-order valence-corrected chi connectivity index (χ0v) is 38.5. The SMILES string of the molecule is COc1cc(O)cc2c1-c1ccc3c4c1C1(CCC(C1)C(CCc1ccccc1)C1=C(C#CCc5cc(O)c6c(c5C(O4)C3COC(C)=O)C=CC(NC3CCCCC3)CO6)NC(N)C=C1)C2. The van der Waals surface area contributed by atoms with Gasteiger partial charge in [0.15, 0.2) is 11.5 Å². The number of nitrogens with one attached hydrogen (secondary N) is 2. The largest absolute Gasteiger partial charge is 0.508 e. The third-order valence-corrected chi connectivity index (χ3v) is 15.8. The van der Waals surface area contributed by atoms with Gasteiger partial charge >= 0.3 is 5.97 Å². The Bertz CT molecular complexity index is 2760. The number of phenolic OH excluding ortho intramolecular Hbond substituents is 2. The van der Waals surface area contributed by atoms with Crippen LogP contribution < -0.4 is 30.6 Å². The summed E-state index contributed by atoms with van der Waals surface area (Å²) in [5.74, 6) is 8.88. The molecule has 4 aromatic rings. The number of phenols is 2. The highest BCUT2D eigenvalue weighted by Crippen LogP contribution is 2.64. The topological polar surface area (TPSA) is 145 Å². The molecule has 4 bridgehead atoms. The van der Waals surface area contributed by atoms with Crippen LogP contribution in [0.2, 0.25) is 0 Å². The van der Waals surface area contributed by atoms with E-state index in [1.54, 1.807) is 19.2 Å². The molecule has 2 fully saturated rings. The Kier molecular flexibility index (Phi) is 11.5. The number of aryl methyl sites for hydroxylation is 1. The van der Waals surface area contributed by atoms with E-state index in [1.807, 2.05) is 12.1 Å². The first-order valence-electron chi connectivity index (χ1n) is 24.5. The molecule has 6 N–H and O–H groups in total. The van der Waals surface area contributed by atoms with Gasteiger partial charge in [0, 0.05) is 58.7 Å². The van der Waals surface area contributed by atoms with E-state index in [2.05, 4.69) is 83.2 Å². The summed E-state index contributed by atoms with van der Waals surface area (Å²) in [6, 6.07) is 20.8. The van der Waals surface area contributed by atoms with Crippen LogP contribution in [0.3, 0.4) is 0 Å². The number of nitrogens with two attached hydrogens (primary N) is 1. The molecule has 10 nitrogen and oxygen atoms in total. The molecule has 0 amide bonds. The van der Waals surface area contributed by atoms with Crippen LogP contribution in [0.5, 0.6) is 28.7 Å². The molecule has 0 radical (unpaired) electrons. The van der Waals surface area contributed by atoms with E-state index in [9.17, 15) is 15.0 Å². The number of ether oxygens (including phenoxy) is 4. The van der Waals surface area contributed by atoms with Crippen LogP contribution in [0.25, 0.3) is 17.2 Å². The summed E-state index contributed by atoms with van der Waals surface area (Å²) in [5, 5.41) is 30.5. The third-order valence-electron chi connectivity index (χ3n) is 15.8. The fourth-order valence-electron chi connectivity index (χ4n) is 12.9. The predicted octanol–water partition coefficient (Wildman–Crippen LogP) is 9.35. The molecule has 4 heterocycles. The van der Waals surface area contributed by atoms with Gasteiger partial charge in [0.1, 0.15) is 36.6 Å². The lowest BCUT2D eigenvalue weighted by molar-refractivity contribution is -0.141. The third kappa shape index (κ3) is 8.04. The Morgan fingerprint density at radius 3 is 2.66 bits per heavy atom. The number of esters is 1. The summed E-state index contributed by atoms with van der Waals surface area (Å²) in [4.78, 5) is 12.7. The number of aromatic hydroxyl groups is 2. The van der Waals surface area contributed by atoms with E-state index in [1.165, 1.54) is 37.3 Å². The van der Waals surface area contributed by atoms with E-state index in [0.29, 0.717) is 37.0 Å². The molecule has 0 saturated heterocycles. The molecule has 10 heteroatoms. The van der Waals surface area contributed by atoms with Crippen molar-refractivity contribution < 1.29 is 34.0 Å². The van der Waals surface area contributed by atoms with E-state index in [-0.39, 0.29) is 53.5 Å². The highest BCUT2D eigenvalue weighted by atomic mass is 16.5. The average molecular weight is 900 g/mol. The van der Waals surface area contributed by atoms with Gasteiger partial charge in [-0.2, -0.15) is 0 Å². The molecule has 7 unspecified atom stereocenters. The number of hydrogen-bond donors (Lipinski definition) is 5. The number of rotatable bonds is 8. The summed E-state index contributed by atoms with van der Waals surface area (Å²) < 4.78 is 26.2. The standard InChI is InChI=1S/C57H61N3O7/c1-33(61)65-32-46-43-20-21-44-51-37(26-40(62)28-49(51)64-2)30-57-25-24-36(29-57)41(18-16-34-10-5-3-6-11-34)42-22-23-50(58)60-47(42)15-9-12-35-27-48(63)54-45(52(35)55(46)67-56(43)53(44)57)19-17-39(31-66-54)59-38-13-7-4-8-14-38/h3,5-6,10-11,17,19-23,26-28,36,38-39,41,46,50,55,59-60,62-63H,4,7-8,12-14,16,18,24-25,29-32,58H2,1-2H3. The summed E-state index contributed by atoms with van der Waals surface area (Å²) in [6.07, 6.45) is 19.1. The van der Waals surface area contributed by atoms with Crippen molar-refractivity contribution >= 4 is 12.0 Å². The molecular formula is C57H61N3O7. The number of methoxy groups -OCH3 is 1. The van der Waals surface area contributed by atoms with Crippen LogP contribution in [0, 0.1) is 23.7 Å². The van der Waals surface area contributed by atoms with Gasteiger partial charge in [0.05, 0.1) is 30.9 Å². The Morgan fingerprint density at radius 1 is 0.985 bits per heavy atom. The molecule has 4 aromatic carbocycles. The van der Waals surface area contributed by atoms with Crippen LogP contribution in [-0.2, 0) is 34.2 Å². The van der Waals surface area contributed by atoms with Gasteiger partial charge in [0.25, 0.3) is 0 Å². The lowest BCUT2D eigenvalue weighted by atomic mass is 9.64. The molecule has 4 aliphatic heterocycles. The fourth-order valence-corrected chi connectivity index (χ4v) is 12.9. The van der Waals surface area contributed by atoms with Gasteiger partial charge in [-0.3, -0.25) is 4.79 Å². The minimum Gasteiger partial charge on any atom is -0.508 e. The zero-order valence-electron chi connectivity index (χ0n) is 38.5. The Morgan fingerprint density at radius 2 is 1.84 bits per heavy atom. The van der Waals surface area contributed by atoms with Gasteiger partial charge in [0.2, 0.25) is 0 Å². The summed E-state index contributed by atoms with van der Waals surface area (Å²) in [6.45, 7) is 1.91. The van der Waals surface area contributed by atoms with E-state index in [4.69, 9.17) is 24.7 Å². The Balaban J connectivity index is 1.13. The number of fused-ring (bicyclic) bond motifs is 8. The first-order chi connectivity index (χ1) is 32.7. The molecule has 2 saturated carbocycles. The monoisotopic (exact) mass is 899 g/mol. The van der Waals surface area contributed by atoms with Crippen LogP contribution in [0.4, 0.5) is 0 Å². The number of dihydropyridines is 1. The van der Waals surface area contributed by atoms with Crippen LogP contribution in [0.1, 0.15) is 116 Å². The molecule has 7 aliphatic rings. The summed E-state index contributed by atoms with van der Waals surface area (Å²) in [7, 11) is 1.66. The first-order valence-corrected chi connectivity index (χ1v) is 24.5. The second kappa shape index (κ2) is 17.8. The van der Waals surface area contributed by atoms with Gasteiger partial charge in [-0.25, -0.2) is 0 Å². The molecule has 0 aromatic heterocycles. The molecule has 346 valence electrons. The lowest BCUT2D eigenvalue weighted by Crippen LogP contribution is -2.41. The maximum Gasteiger partial charge on any atom is 0.302 e. The lowest BCUT2D eigenvalue weighted by Gasteiger charge is -2.40. The van der Waals surface area contributed by atoms with Crippen molar-refractivity contribution in [2.75, 3.05) is 20.3 Å². The molecule has 3 aliphatic carbocycles. The maximum atomic E-state index is 12.7. The van der Waals surface area contributed by atoms with E-state index in [0.717, 1.165) is 101 Å². The van der Waals surface area contributed by atoms with Crippen molar-refractivity contribution in [1.29, 1.82) is 0 Å². The minimum absolute atomic E-state index is 0.0469. The highest BCUT2D eigenvalue weighted by molar-refractivity contribution is 5.84. The number of allylic oxidation sites excluding steroid dienone is 3. The smallest absolute Gasteiger partial charge is 0.302 e. The van der Waals surface area contributed by atoms with Gasteiger partial charge in [-0.1, -0.05) is 85.9 Å². The molecular weight excluding hydrogens is 839 g/mol. The van der Waals surface area contributed by atoms with E-state index >= 15 is 0 Å². The number of carbonyl (C=O) groups is 1. The van der Waals surface area contributed by atoms with Crippen molar-refractivity contribution in [3.8, 4) is 51.7 Å². The van der Waals surface area contributed by atoms with Gasteiger partial charge in [-0.15, -0.1) is 0 Å². The van der Waals surface area contributed by atoms with Crippen molar-refractivity contribution in [2.24, 2.45) is 17.6 Å². The summed E-state index contributed by atoms with van der Waals surface area (Å²) >= 11 is 0. The van der Waals surface area contributed by atoms with Crippen LogP contribution >= 0.6 is 0 Å². The maximum absolute atomic E-state index is 12.7. The molecule has 67 heavy (non-hydrogen) atoms. The second-order valence-electron chi connectivity index (χ2n) is 20.0. The second-order valence-corrected chi connectivity index (χ2v) is 20.0. The number of benzene rings is 4. The van der Waals surface area contributed by atoms with Gasteiger partial charge in [-0.05, 0) is 115 Å². The van der Waals surface area contributed by atoms with Crippen molar-refractivity contribution in [2.45, 2.75) is 120 Å². The Hall–Kier alpha value is -6.15. The first kappa shape index (κ1) is 43.4. The molecule has 1 spiro atoms. The predicted molar refractivity (Wildman–Crippen MR) is 259 cm³/mol. The van der Waals surface area contributed by atoms with Gasteiger partial charge < -0.3 is 45.5 Å². The molecule has 7 atom stereocenters. The molecule has 11 rings (SSSR count). The number of carbonyl (C=O) groups excluding carboxylic acids is 1. The Labute approximate surface area is 393 Å². The quantitative estimate of drug-likeness (QED) is 0.0858. The fraction of sp³-hybridized carbons (Fsp3) is 0.421. The highest BCUT2D eigenvalue weighted by Gasteiger charge is 2.52. The van der Waals surface area contributed by atoms with E-state index < -0.39 is 12.0 Å². The summed E-state index contributed by atoms with van der Waals surface area (Å²) in [5.41, 5.74) is 17.1. The van der Waals surface area contributed by atoms with Crippen LogP contribution in [-0.4, -0.2) is 54.8 Å². The van der Waals surface area contributed by atoms with Crippen LogP contribution in [0.15, 0.2) is 90.2 Å². The number of hydrogen-bond acceptors (Lipinski definition) is 10. The van der Waals surface area contributed by atoms with Crippen molar-refractivity contribution in [3.63, 3.8) is 0 Å². The minimum atomic E-state index is -0.622.